The van der Waals surface area contributed by atoms with Crippen LogP contribution in [0.3, 0.4) is 0 Å². The predicted molar refractivity (Wildman–Crippen MR) is 73.3 cm³/mol. The van der Waals surface area contributed by atoms with Crippen molar-refractivity contribution in [2.24, 2.45) is 0 Å². The molecule has 0 bridgehead atoms. The molecule has 1 aromatic rings. The van der Waals surface area contributed by atoms with Gasteiger partial charge < -0.3 is 0 Å². The second kappa shape index (κ2) is 4.02. The lowest BCUT2D eigenvalue weighted by Crippen LogP contribution is -2.22. The Balaban J connectivity index is 2.62. The molecule has 0 N–H and O–H groups in total. The molecule has 0 aromatic heterocycles. The molecule has 1 aromatic carbocycles. The number of rotatable bonds is 2. The minimum absolute atomic E-state index is 0.532. The predicted octanol–water partition coefficient (Wildman–Crippen LogP) is 3.22. The third-order valence-corrected chi connectivity index (χ3v) is 7.98. The first kappa shape index (κ1) is 10.2. The lowest BCUT2D eigenvalue weighted by atomic mass is 10.0. The Labute approximate surface area is 99.5 Å². The van der Waals surface area contributed by atoms with Crippen molar-refractivity contribution >= 4 is 38.9 Å². The Morgan fingerprint density at radius 3 is 2.79 bits per heavy atom. The van der Waals surface area contributed by atoms with E-state index in [0.717, 1.165) is 6.42 Å². The molecular weight excluding hydrogens is 299 g/mol. The summed E-state index contributed by atoms with van der Waals surface area (Å²) in [6, 6.07) is 8.78. The van der Waals surface area contributed by atoms with Crippen LogP contribution in [0.5, 0.6) is 0 Å². The maximum absolute atomic E-state index is 3.94. The molecule has 0 amide bonds. The SMILES string of the molecule is C=CC1=C(CC)c2ccccc2[Si]1I. The van der Waals surface area contributed by atoms with Crippen LogP contribution in [-0.4, -0.2) is 6.29 Å². The Morgan fingerprint density at radius 2 is 2.14 bits per heavy atom. The molecule has 1 heterocycles. The van der Waals surface area contributed by atoms with E-state index in [-0.39, 0.29) is 0 Å². The summed E-state index contributed by atoms with van der Waals surface area (Å²) in [5.74, 6) is 0. The Kier molecular flexibility index (Phi) is 2.92. The zero-order valence-corrected chi connectivity index (χ0v) is 11.3. The van der Waals surface area contributed by atoms with E-state index in [1.807, 2.05) is 0 Å². The van der Waals surface area contributed by atoms with E-state index in [9.17, 15) is 0 Å². The standard InChI is InChI=1S/C12H12ISi/c1-3-9-10-7-5-6-8-12(10)14(13)11(9)4-2/h4-8H,2-3H2,1H3. The zero-order valence-electron chi connectivity index (χ0n) is 8.18. The fraction of sp³-hybridized carbons (Fsp3) is 0.167. The van der Waals surface area contributed by atoms with Gasteiger partial charge in [-0.3, -0.25) is 0 Å². The molecule has 0 spiro atoms. The van der Waals surface area contributed by atoms with E-state index in [1.165, 1.54) is 16.3 Å². The van der Waals surface area contributed by atoms with Crippen LogP contribution in [-0.2, 0) is 0 Å². The highest BCUT2D eigenvalue weighted by molar-refractivity contribution is 14.1. The van der Waals surface area contributed by atoms with E-state index < -0.39 is 6.29 Å². The first-order chi connectivity index (χ1) is 6.79. The van der Waals surface area contributed by atoms with Gasteiger partial charge in [0.25, 0.3) is 0 Å². The molecule has 0 saturated heterocycles. The maximum Gasteiger partial charge on any atom is 0.199 e. The van der Waals surface area contributed by atoms with Crippen LogP contribution in [0.1, 0.15) is 18.9 Å². The average molecular weight is 311 g/mol. The summed E-state index contributed by atoms with van der Waals surface area (Å²) in [6.45, 7) is 6.17. The summed E-state index contributed by atoms with van der Waals surface area (Å²) in [4.78, 5) is 0. The largest absolute Gasteiger partial charge is 0.199 e. The average Bonchev–Trinajstić information content (AvgIpc) is 2.51. The van der Waals surface area contributed by atoms with Crippen molar-refractivity contribution in [3.63, 3.8) is 0 Å². The van der Waals surface area contributed by atoms with Crippen molar-refractivity contribution in [2.75, 3.05) is 0 Å². The van der Waals surface area contributed by atoms with Crippen molar-refractivity contribution < 1.29 is 0 Å². The number of halogens is 1. The third-order valence-electron chi connectivity index (χ3n) is 2.61. The topological polar surface area (TPSA) is 0 Å². The van der Waals surface area contributed by atoms with Gasteiger partial charge in [0.15, 0.2) is 6.29 Å². The number of allylic oxidation sites excluding steroid dienone is 3. The zero-order chi connectivity index (χ0) is 10.1. The Hall–Kier alpha value is -0.353. The number of hydrogen-bond acceptors (Lipinski definition) is 0. The maximum atomic E-state index is 3.94. The van der Waals surface area contributed by atoms with E-state index in [2.05, 4.69) is 65.6 Å². The highest BCUT2D eigenvalue weighted by Gasteiger charge is 2.27. The molecule has 1 aliphatic heterocycles. The summed E-state index contributed by atoms with van der Waals surface area (Å²) in [5, 5.41) is 3.05. The number of fused-ring (bicyclic) bond motifs is 1. The molecule has 2 rings (SSSR count). The fourth-order valence-electron chi connectivity index (χ4n) is 1.95. The molecule has 0 saturated carbocycles. The minimum Gasteiger partial charge on any atom is -0.108 e. The highest BCUT2D eigenvalue weighted by Crippen LogP contribution is 2.32. The quantitative estimate of drug-likeness (QED) is 0.447. The van der Waals surface area contributed by atoms with Gasteiger partial charge in [0.05, 0.1) is 0 Å². The Bertz CT molecular complexity index is 407. The van der Waals surface area contributed by atoms with Crippen molar-refractivity contribution in [1.82, 2.24) is 0 Å². The molecule has 71 valence electrons. The molecule has 1 aliphatic rings. The lowest BCUT2D eigenvalue weighted by Gasteiger charge is -2.02. The van der Waals surface area contributed by atoms with Crippen LogP contribution < -0.4 is 5.19 Å². The smallest absolute Gasteiger partial charge is 0.108 e. The fourth-order valence-corrected chi connectivity index (χ4v) is 6.76. The monoisotopic (exact) mass is 311 g/mol. The van der Waals surface area contributed by atoms with Gasteiger partial charge in [-0.25, -0.2) is 0 Å². The van der Waals surface area contributed by atoms with Gasteiger partial charge in [0, 0.05) is 0 Å². The van der Waals surface area contributed by atoms with Gasteiger partial charge in [0.2, 0.25) is 0 Å². The Morgan fingerprint density at radius 1 is 1.43 bits per heavy atom. The van der Waals surface area contributed by atoms with Crippen LogP contribution >= 0.6 is 21.8 Å². The molecule has 14 heavy (non-hydrogen) atoms. The van der Waals surface area contributed by atoms with Gasteiger partial charge in [-0.2, -0.15) is 0 Å². The molecule has 0 nitrogen and oxygen atoms in total. The lowest BCUT2D eigenvalue weighted by molar-refractivity contribution is 1.24. The summed E-state index contributed by atoms with van der Waals surface area (Å²) in [7, 11) is 0. The van der Waals surface area contributed by atoms with Gasteiger partial charge >= 0.3 is 0 Å². The first-order valence-electron chi connectivity index (χ1n) is 4.77. The van der Waals surface area contributed by atoms with E-state index >= 15 is 0 Å². The highest BCUT2D eigenvalue weighted by atomic mass is 127. The summed E-state index contributed by atoms with van der Waals surface area (Å²) in [5.41, 5.74) is 2.98. The molecule has 0 atom stereocenters. The second-order valence-corrected chi connectivity index (χ2v) is 8.25. The molecule has 0 unspecified atom stereocenters. The van der Waals surface area contributed by atoms with Gasteiger partial charge in [-0.1, -0.05) is 43.8 Å². The van der Waals surface area contributed by atoms with Crippen LogP contribution in [0.2, 0.25) is 0 Å². The minimum atomic E-state index is -0.532. The van der Waals surface area contributed by atoms with Gasteiger partial charge in [0.1, 0.15) is 0 Å². The van der Waals surface area contributed by atoms with Gasteiger partial charge in [-0.05, 0) is 27.9 Å². The van der Waals surface area contributed by atoms with Crippen molar-refractivity contribution in [2.45, 2.75) is 13.3 Å². The van der Waals surface area contributed by atoms with Crippen LogP contribution in [0, 0.1) is 0 Å². The molecule has 0 fully saturated rings. The second-order valence-electron chi connectivity index (χ2n) is 3.31. The number of benzene rings is 1. The van der Waals surface area contributed by atoms with E-state index in [0.29, 0.717) is 0 Å². The van der Waals surface area contributed by atoms with Crippen LogP contribution in [0.25, 0.3) is 5.57 Å². The van der Waals surface area contributed by atoms with Crippen molar-refractivity contribution in [3.8, 4) is 0 Å². The van der Waals surface area contributed by atoms with E-state index in [1.54, 1.807) is 5.19 Å². The van der Waals surface area contributed by atoms with Crippen molar-refractivity contribution in [1.29, 1.82) is 0 Å². The molecule has 2 heteroatoms. The summed E-state index contributed by atoms with van der Waals surface area (Å²) in [6.07, 6.45) is 2.64. The van der Waals surface area contributed by atoms with Crippen LogP contribution in [0.4, 0.5) is 0 Å². The normalized spacial score (nSPS) is 15.9. The molecule has 1 radical (unpaired) electrons. The summed E-state index contributed by atoms with van der Waals surface area (Å²) < 4.78 is 0. The van der Waals surface area contributed by atoms with Crippen molar-refractivity contribution in [3.05, 3.63) is 47.7 Å². The molecule has 0 aliphatic carbocycles. The summed E-state index contributed by atoms with van der Waals surface area (Å²) >= 11 is 2.60. The number of hydrogen-bond donors (Lipinski definition) is 0. The van der Waals surface area contributed by atoms with Gasteiger partial charge in [-0.15, -0.1) is 21.8 Å². The first-order valence-corrected chi connectivity index (χ1v) is 9.39. The molecular formula is C12H12ISi. The van der Waals surface area contributed by atoms with Crippen LogP contribution in [0.15, 0.2) is 42.1 Å². The third kappa shape index (κ3) is 1.41. The van der Waals surface area contributed by atoms with E-state index in [4.69, 9.17) is 0 Å².